The molecule has 1 nitrogen and oxygen atoms in total. The van der Waals surface area contributed by atoms with E-state index in [-0.39, 0.29) is 0 Å². The number of hydrogen-bond acceptors (Lipinski definition) is 1. The van der Waals surface area contributed by atoms with E-state index in [4.69, 9.17) is 0 Å². The van der Waals surface area contributed by atoms with E-state index < -0.39 is 0 Å². The van der Waals surface area contributed by atoms with Crippen molar-refractivity contribution in [3.8, 4) is 0 Å². The van der Waals surface area contributed by atoms with Crippen molar-refractivity contribution < 1.29 is 0 Å². The van der Waals surface area contributed by atoms with Gasteiger partial charge in [-0.1, -0.05) is 62.9 Å². The summed E-state index contributed by atoms with van der Waals surface area (Å²) in [5.74, 6) is 0.803. The van der Waals surface area contributed by atoms with Gasteiger partial charge in [0.05, 0.1) is 0 Å². The number of nitrogens with zero attached hydrogens (tertiary/aromatic N) is 1. The van der Waals surface area contributed by atoms with Crippen molar-refractivity contribution in [1.82, 2.24) is 4.90 Å². The Bertz CT molecular complexity index is 325. The Hall–Kier alpha value is -0.820. The standard InChI is InChI=1S/C18H29N/c1-2-3-4-5-9-14-19-15-12-18(13-16-19)17-10-7-6-8-11-17/h6-8,10-11,18H,2-5,9,12-16H2,1H3. The fourth-order valence-electron chi connectivity index (χ4n) is 3.15. The Kier molecular flexibility index (Phi) is 6.43. The molecule has 1 aromatic carbocycles. The maximum atomic E-state index is 2.67. The molecule has 0 aliphatic carbocycles. The molecule has 0 saturated carbocycles. The summed E-state index contributed by atoms with van der Waals surface area (Å²) in [4.78, 5) is 2.67. The second-order valence-corrected chi connectivity index (χ2v) is 5.94. The topological polar surface area (TPSA) is 3.24 Å². The van der Waals surface area contributed by atoms with E-state index in [0.717, 1.165) is 5.92 Å². The minimum absolute atomic E-state index is 0.803. The summed E-state index contributed by atoms with van der Waals surface area (Å²) in [6.45, 7) is 6.21. The van der Waals surface area contributed by atoms with E-state index in [0.29, 0.717) is 0 Å². The Labute approximate surface area is 119 Å². The predicted molar refractivity (Wildman–Crippen MR) is 83.6 cm³/mol. The van der Waals surface area contributed by atoms with Crippen molar-refractivity contribution in [2.45, 2.75) is 57.8 Å². The van der Waals surface area contributed by atoms with Crippen LogP contribution in [0.4, 0.5) is 0 Å². The fraction of sp³-hybridized carbons (Fsp3) is 0.667. The molecular formula is C18H29N. The van der Waals surface area contributed by atoms with Crippen molar-refractivity contribution >= 4 is 0 Å². The summed E-state index contributed by atoms with van der Waals surface area (Å²) in [5, 5.41) is 0. The van der Waals surface area contributed by atoms with Gasteiger partial charge in [0, 0.05) is 0 Å². The second-order valence-electron chi connectivity index (χ2n) is 5.94. The Morgan fingerprint density at radius 1 is 0.947 bits per heavy atom. The summed E-state index contributed by atoms with van der Waals surface area (Å²) < 4.78 is 0. The van der Waals surface area contributed by atoms with Gasteiger partial charge >= 0.3 is 0 Å². The molecule has 2 rings (SSSR count). The quantitative estimate of drug-likeness (QED) is 0.634. The van der Waals surface area contributed by atoms with Crippen molar-refractivity contribution in [3.63, 3.8) is 0 Å². The van der Waals surface area contributed by atoms with Gasteiger partial charge < -0.3 is 4.90 Å². The third-order valence-corrected chi connectivity index (χ3v) is 4.44. The van der Waals surface area contributed by atoms with E-state index in [1.54, 1.807) is 5.56 Å². The van der Waals surface area contributed by atoms with E-state index in [2.05, 4.69) is 42.2 Å². The lowest BCUT2D eigenvalue weighted by Crippen LogP contribution is -2.33. The zero-order valence-corrected chi connectivity index (χ0v) is 12.5. The Morgan fingerprint density at radius 3 is 2.32 bits per heavy atom. The summed E-state index contributed by atoms with van der Waals surface area (Å²) >= 11 is 0. The molecule has 0 radical (unpaired) electrons. The van der Waals surface area contributed by atoms with Gasteiger partial charge in [0.25, 0.3) is 0 Å². The smallest absolute Gasteiger partial charge is 0.00129 e. The summed E-state index contributed by atoms with van der Waals surface area (Å²) in [6.07, 6.45) is 9.70. The molecule has 1 aromatic rings. The minimum Gasteiger partial charge on any atom is -0.303 e. The van der Waals surface area contributed by atoms with Crippen LogP contribution >= 0.6 is 0 Å². The first kappa shape index (κ1) is 14.6. The van der Waals surface area contributed by atoms with Crippen molar-refractivity contribution in [2.75, 3.05) is 19.6 Å². The van der Waals surface area contributed by atoms with Gasteiger partial charge in [-0.3, -0.25) is 0 Å². The van der Waals surface area contributed by atoms with Gasteiger partial charge in [0.2, 0.25) is 0 Å². The van der Waals surface area contributed by atoms with E-state index in [9.17, 15) is 0 Å². The summed E-state index contributed by atoms with van der Waals surface area (Å²) in [7, 11) is 0. The molecule has 0 amide bonds. The molecule has 1 fully saturated rings. The van der Waals surface area contributed by atoms with Crippen molar-refractivity contribution in [2.24, 2.45) is 0 Å². The van der Waals surface area contributed by atoms with Crippen molar-refractivity contribution in [3.05, 3.63) is 35.9 Å². The molecule has 0 unspecified atom stereocenters. The van der Waals surface area contributed by atoms with Crippen molar-refractivity contribution in [1.29, 1.82) is 0 Å². The Balaban J connectivity index is 1.63. The van der Waals surface area contributed by atoms with E-state index >= 15 is 0 Å². The zero-order valence-electron chi connectivity index (χ0n) is 12.5. The lowest BCUT2D eigenvalue weighted by Gasteiger charge is -2.32. The van der Waals surface area contributed by atoms with Crippen LogP contribution in [0.1, 0.15) is 63.4 Å². The van der Waals surface area contributed by atoms with E-state index in [1.807, 2.05) is 0 Å². The largest absolute Gasteiger partial charge is 0.303 e. The molecule has 0 spiro atoms. The van der Waals surface area contributed by atoms with Gasteiger partial charge in [-0.05, 0) is 50.4 Å². The van der Waals surface area contributed by atoms with Gasteiger partial charge in [-0.15, -0.1) is 0 Å². The first-order valence-corrected chi connectivity index (χ1v) is 8.17. The number of likely N-dealkylation sites (tertiary alicyclic amines) is 1. The molecule has 1 saturated heterocycles. The molecule has 0 atom stereocenters. The van der Waals surface area contributed by atoms with Crippen LogP contribution in [-0.2, 0) is 0 Å². The Morgan fingerprint density at radius 2 is 1.63 bits per heavy atom. The lowest BCUT2D eigenvalue weighted by atomic mass is 9.89. The number of piperidine rings is 1. The molecule has 1 heteroatoms. The van der Waals surface area contributed by atoms with Crippen LogP contribution in [0, 0.1) is 0 Å². The first-order chi connectivity index (χ1) is 9.40. The van der Waals surface area contributed by atoms with Gasteiger partial charge in [-0.2, -0.15) is 0 Å². The van der Waals surface area contributed by atoms with Gasteiger partial charge in [0.1, 0.15) is 0 Å². The highest BCUT2D eigenvalue weighted by Gasteiger charge is 2.19. The van der Waals surface area contributed by atoms with Crippen LogP contribution in [0.15, 0.2) is 30.3 Å². The van der Waals surface area contributed by atoms with Crippen LogP contribution in [0.3, 0.4) is 0 Å². The normalized spacial score (nSPS) is 17.7. The maximum absolute atomic E-state index is 2.67. The fourth-order valence-corrected chi connectivity index (χ4v) is 3.15. The number of hydrogen-bond donors (Lipinski definition) is 0. The predicted octanol–water partition coefficient (Wildman–Crippen LogP) is 4.84. The van der Waals surface area contributed by atoms with Gasteiger partial charge in [0.15, 0.2) is 0 Å². The molecule has 1 aliphatic heterocycles. The molecule has 1 heterocycles. The van der Waals surface area contributed by atoms with E-state index in [1.165, 1.54) is 64.6 Å². The third kappa shape index (κ3) is 4.99. The molecular weight excluding hydrogens is 230 g/mol. The minimum atomic E-state index is 0.803. The monoisotopic (exact) mass is 259 g/mol. The van der Waals surface area contributed by atoms with Crippen LogP contribution in [-0.4, -0.2) is 24.5 Å². The van der Waals surface area contributed by atoms with Crippen LogP contribution in [0.5, 0.6) is 0 Å². The molecule has 0 N–H and O–H groups in total. The van der Waals surface area contributed by atoms with Crippen LogP contribution in [0.2, 0.25) is 0 Å². The highest BCUT2D eigenvalue weighted by Crippen LogP contribution is 2.27. The molecule has 0 bridgehead atoms. The molecule has 0 aromatic heterocycles. The highest BCUT2D eigenvalue weighted by molar-refractivity contribution is 5.19. The maximum Gasteiger partial charge on any atom is -0.00129 e. The van der Waals surface area contributed by atoms with Crippen LogP contribution < -0.4 is 0 Å². The second kappa shape index (κ2) is 8.37. The molecule has 1 aliphatic rings. The first-order valence-electron chi connectivity index (χ1n) is 8.17. The highest BCUT2D eigenvalue weighted by atomic mass is 15.1. The van der Waals surface area contributed by atoms with Crippen LogP contribution in [0.25, 0.3) is 0 Å². The van der Waals surface area contributed by atoms with Gasteiger partial charge in [-0.25, -0.2) is 0 Å². The molecule has 19 heavy (non-hydrogen) atoms. The average Bonchev–Trinajstić information content (AvgIpc) is 2.49. The number of unbranched alkanes of at least 4 members (excludes halogenated alkanes) is 4. The molecule has 106 valence electrons. The average molecular weight is 259 g/mol. The summed E-state index contributed by atoms with van der Waals surface area (Å²) in [6, 6.07) is 11.1. The lowest BCUT2D eigenvalue weighted by molar-refractivity contribution is 0.208. The number of benzene rings is 1. The number of rotatable bonds is 7. The zero-order chi connectivity index (χ0) is 13.3. The third-order valence-electron chi connectivity index (χ3n) is 4.44. The SMILES string of the molecule is CCCCCCCN1CCC(c2ccccc2)CC1. The summed E-state index contributed by atoms with van der Waals surface area (Å²) in [5.41, 5.74) is 1.55.